The van der Waals surface area contributed by atoms with Crippen molar-refractivity contribution in [2.24, 2.45) is 5.92 Å². The van der Waals surface area contributed by atoms with Gasteiger partial charge in [-0.15, -0.1) is 0 Å². The van der Waals surface area contributed by atoms with Crippen LogP contribution in [0.25, 0.3) is 0 Å². The molecular formula is C18H23NO5. The van der Waals surface area contributed by atoms with E-state index in [1.807, 2.05) is 17.9 Å². The Labute approximate surface area is 141 Å². The summed E-state index contributed by atoms with van der Waals surface area (Å²) in [5.41, 5.74) is 1.35. The highest BCUT2D eigenvalue weighted by Gasteiger charge is 2.32. The van der Waals surface area contributed by atoms with E-state index in [2.05, 4.69) is 0 Å². The second kappa shape index (κ2) is 7.21. The Kier molecular flexibility index (Phi) is 5.04. The topological polar surface area (TPSA) is 65.1 Å². The second-order valence-corrected chi connectivity index (χ2v) is 6.35. The Bertz CT molecular complexity index is 624. The molecule has 1 fully saturated rings. The Morgan fingerprint density at radius 3 is 2.83 bits per heavy atom. The van der Waals surface area contributed by atoms with Crippen LogP contribution in [-0.4, -0.2) is 49.7 Å². The molecule has 130 valence electrons. The molecular weight excluding hydrogens is 310 g/mol. The SMILES string of the molecule is COC(=O)c1ccc2c(c1)OC[C@H](C)N(C(=O)[C@@H]1CCCOC1)C2. The number of esters is 1. The molecule has 0 N–H and O–H groups in total. The zero-order valence-corrected chi connectivity index (χ0v) is 14.1. The van der Waals surface area contributed by atoms with Crippen molar-refractivity contribution in [1.29, 1.82) is 0 Å². The molecule has 6 heteroatoms. The lowest BCUT2D eigenvalue weighted by Crippen LogP contribution is -2.45. The van der Waals surface area contributed by atoms with Crippen molar-refractivity contribution < 1.29 is 23.8 Å². The smallest absolute Gasteiger partial charge is 0.337 e. The third kappa shape index (κ3) is 3.38. The van der Waals surface area contributed by atoms with Gasteiger partial charge in [-0.1, -0.05) is 6.07 Å². The van der Waals surface area contributed by atoms with Gasteiger partial charge in [-0.2, -0.15) is 0 Å². The van der Waals surface area contributed by atoms with Crippen molar-refractivity contribution in [3.05, 3.63) is 29.3 Å². The van der Waals surface area contributed by atoms with Gasteiger partial charge in [0.2, 0.25) is 5.91 Å². The van der Waals surface area contributed by atoms with Crippen LogP contribution in [0.2, 0.25) is 0 Å². The Balaban J connectivity index is 1.81. The van der Waals surface area contributed by atoms with E-state index < -0.39 is 5.97 Å². The molecule has 2 atom stereocenters. The molecule has 1 aromatic carbocycles. The average Bonchev–Trinajstić information content (AvgIpc) is 2.80. The number of benzene rings is 1. The summed E-state index contributed by atoms with van der Waals surface area (Å²) in [6, 6.07) is 5.19. The molecule has 1 amide bonds. The molecule has 0 spiro atoms. The fourth-order valence-corrected chi connectivity index (χ4v) is 3.17. The average molecular weight is 333 g/mol. The summed E-state index contributed by atoms with van der Waals surface area (Å²) < 4.78 is 16.0. The Hall–Kier alpha value is -2.08. The Morgan fingerprint density at radius 1 is 1.29 bits per heavy atom. The lowest BCUT2D eigenvalue weighted by molar-refractivity contribution is -0.142. The van der Waals surface area contributed by atoms with Gasteiger partial charge < -0.3 is 19.1 Å². The van der Waals surface area contributed by atoms with E-state index in [-0.39, 0.29) is 17.9 Å². The van der Waals surface area contributed by atoms with Gasteiger partial charge in [-0.3, -0.25) is 4.79 Å². The van der Waals surface area contributed by atoms with E-state index in [9.17, 15) is 9.59 Å². The van der Waals surface area contributed by atoms with Crippen LogP contribution in [0.3, 0.4) is 0 Å². The molecule has 1 saturated heterocycles. The monoisotopic (exact) mass is 333 g/mol. The number of hydrogen-bond acceptors (Lipinski definition) is 5. The van der Waals surface area contributed by atoms with E-state index in [0.29, 0.717) is 31.1 Å². The summed E-state index contributed by atoms with van der Waals surface area (Å²) in [6.07, 6.45) is 1.80. The number of carbonyl (C=O) groups excluding carboxylic acids is 2. The summed E-state index contributed by atoms with van der Waals surface area (Å²) in [6.45, 7) is 4.09. The van der Waals surface area contributed by atoms with Crippen LogP contribution in [0.1, 0.15) is 35.7 Å². The van der Waals surface area contributed by atoms with E-state index >= 15 is 0 Å². The van der Waals surface area contributed by atoms with Crippen molar-refractivity contribution >= 4 is 11.9 Å². The van der Waals surface area contributed by atoms with Crippen LogP contribution >= 0.6 is 0 Å². The molecule has 0 bridgehead atoms. The molecule has 0 aromatic heterocycles. The van der Waals surface area contributed by atoms with Crippen molar-refractivity contribution in [2.75, 3.05) is 26.9 Å². The van der Waals surface area contributed by atoms with Gasteiger partial charge in [0.05, 0.1) is 31.2 Å². The fourth-order valence-electron chi connectivity index (χ4n) is 3.17. The van der Waals surface area contributed by atoms with Crippen LogP contribution in [0, 0.1) is 5.92 Å². The number of fused-ring (bicyclic) bond motifs is 1. The number of carbonyl (C=O) groups is 2. The maximum atomic E-state index is 12.9. The van der Waals surface area contributed by atoms with E-state index in [1.165, 1.54) is 7.11 Å². The normalized spacial score (nSPS) is 23.7. The summed E-state index contributed by atoms with van der Waals surface area (Å²) in [4.78, 5) is 26.4. The molecule has 0 radical (unpaired) electrons. The van der Waals surface area contributed by atoms with Crippen LogP contribution in [-0.2, 0) is 20.8 Å². The zero-order valence-electron chi connectivity index (χ0n) is 14.1. The van der Waals surface area contributed by atoms with Gasteiger partial charge in [0.1, 0.15) is 12.4 Å². The minimum absolute atomic E-state index is 0.0339. The standard InChI is InChI=1S/C18H23NO5/c1-12-10-24-16-8-13(18(21)22-2)5-6-14(16)9-19(12)17(20)15-4-3-7-23-11-15/h5-6,8,12,15H,3-4,7,9-11H2,1-2H3/t12-,15+/m0/s1. The summed E-state index contributed by atoms with van der Waals surface area (Å²) in [5, 5.41) is 0. The van der Waals surface area contributed by atoms with Crippen LogP contribution < -0.4 is 4.74 Å². The summed E-state index contributed by atoms with van der Waals surface area (Å²) >= 11 is 0. The maximum Gasteiger partial charge on any atom is 0.337 e. The molecule has 0 aliphatic carbocycles. The van der Waals surface area contributed by atoms with E-state index in [1.54, 1.807) is 12.1 Å². The lowest BCUT2D eigenvalue weighted by Gasteiger charge is -2.31. The predicted octanol–water partition coefficient (Wildman–Crippen LogP) is 2.01. The Morgan fingerprint density at radius 2 is 2.12 bits per heavy atom. The van der Waals surface area contributed by atoms with Gasteiger partial charge in [0, 0.05) is 18.7 Å². The molecule has 3 rings (SSSR count). The largest absolute Gasteiger partial charge is 0.491 e. The number of amides is 1. The zero-order chi connectivity index (χ0) is 17.1. The van der Waals surface area contributed by atoms with Crippen molar-refractivity contribution in [3.8, 4) is 5.75 Å². The van der Waals surface area contributed by atoms with Gasteiger partial charge in [-0.05, 0) is 31.9 Å². The summed E-state index contributed by atoms with van der Waals surface area (Å²) in [5.74, 6) is 0.290. The minimum Gasteiger partial charge on any atom is -0.491 e. The summed E-state index contributed by atoms with van der Waals surface area (Å²) in [7, 11) is 1.35. The lowest BCUT2D eigenvalue weighted by atomic mass is 9.99. The molecule has 0 saturated carbocycles. The van der Waals surface area contributed by atoms with E-state index in [0.717, 1.165) is 25.0 Å². The van der Waals surface area contributed by atoms with Gasteiger partial charge >= 0.3 is 5.97 Å². The maximum absolute atomic E-state index is 12.9. The van der Waals surface area contributed by atoms with Gasteiger partial charge in [0.25, 0.3) is 0 Å². The minimum atomic E-state index is -0.397. The molecule has 0 unspecified atom stereocenters. The molecule has 2 heterocycles. The molecule has 6 nitrogen and oxygen atoms in total. The highest BCUT2D eigenvalue weighted by atomic mass is 16.5. The second-order valence-electron chi connectivity index (χ2n) is 6.35. The number of rotatable bonds is 2. The highest BCUT2D eigenvalue weighted by molar-refractivity contribution is 5.90. The predicted molar refractivity (Wildman–Crippen MR) is 86.8 cm³/mol. The van der Waals surface area contributed by atoms with Gasteiger partial charge in [0.15, 0.2) is 0 Å². The van der Waals surface area contributed by atoms with Crippen LogP contribution in [0.4, 0.5) is 0 Å². The quantitative estimate of drug-likeness (QED) is 0.775. The van der Waals surface area contributed by atoms with Crippen molar-refractivity contribution in [2.45, 2.75) is 32.4 Å². The first-order valence-electron chi connectivity index (χ1n) is 8.32. The van der Waals surface area contributed by atoms with Crippen LogP contribution in [0.5, 0.6) is 5.75 Å². The first-order chi connectivity index (χ1) is 11.6. The first kappa shape index (κ1) is 16.8. The fraction of sp³-hybridized carbons (Fsp3) is 0.556. The first-order valence-corrected chi connectivity index (χ1v) is 8.32. The number of hydrogen-bond donors (Lipinski definition) is 0. The molecule has 1 aromatic rings. The molecule has 2 aliphatic rings. The van der Waals surface area contributed by atoms with E-state index in [4.69, 9.17) is 14.2 Å². The van der Waals surface area contributed by atoms with Crippen molar-refractivity contribution in [1.82, 2.24) is 4.90 Å². The van der Waals surface area contributed by atoms with Gasteiger partial charge in [-0.25, -0.2) is 4.79 Å². The molecule has 24 heavy (non-hydrogen) atoms. The van der Waals surface area contributed by atoms with Crippen LogP contribution in [0.15, 0.2) is 18.2 Å². The number of ether oxygens (including phenoxy) is 3. The molecule has 2 aliphatic heterocycles. The highest BCUT2D eigenvalue weighted by Crippen LogP contribution is 2.28. The third-order valence-electron chi connectivity index (χ3n) is 4.63. The number of nitrogens with zero attached hydrogens (tertiary/aromatic N) is 1. The third-order valence-corrected chi connectivity index (χ3v) is 4.63. The van der Waals surface area contributed by atoms with Crippen molar-refractivity contribution in [3.63, 3.8) is 0 Å². The number of methoxy groups -OCH3 is 1.